The summed E-state index contributed by atoms with van der Waals surface area (Å²) in [5, 5.41) is 0. The Morgan fingerprint density at radius 3 is 2.30 bits per heavy atom. The minimum absolute atomic E-state index is 0.00925. The molecule has 2 aromatic carbocycles. The van der Waals surface area contributed by atoms with Gasteiger partial charge >= 0.3 is 5.97 Å². The van der Waals surface area contributed by atoms with Crippen molar-refractivity contribution in [2.75, 3.05) is 6.54 Å². The quantitative estimate of drug-likeness (QED) is 0.308. The predicted octanol–water partition coefficient (Wildman–Crippen LogP) is 3.82. The van der Waals surface area contributed by atoms with E-state index in [1.807, 2.05) is 13.0 Å². The van der Waals surface area contributed by atoms with Crippen molar-refractivity contribution in [2.24, 2.45) is 0 Å². The summed E-state index contributed by atoms with van der Waals surface area (Å²) >= 11 is 0. The maximum absolute atomic E-state index is 13.3. The van der Waals surface area contributed by atoms with Crippen LogP contribution in [0.25, 0.3) is 0 Å². The Balaban J connectivity index is 2.41. The van der Waals surface area contributed by atoms with Gasteiger partial charge in [-0.1, -0.05) is 54.1 Å². The van der Waals surface area contributed by atoms with Crippen LogP contribution in [-0.2, 0) is 24.3 Å². The van der Waals surface area contributed by atoms with E-state index in [1.54, 1.807) is 42.5 Å². The first-order valence-corrected chi connectivity index (χ1v) is 11.1. The van der Waals surface area contributed by atoms with Gasteiger partial charge in [0.25, 0.3) is 0 Å². The largest absolute Gasteiger partial charge is 0.458 e. The fourth-order valence-electron chi connectivity index (χ4n) is 3.11. The molecule has 0 aliphatic rings. The predicted molar refractivity (Wildman–Crippen MR) is 115 cm³/mol. The molecule has 0 heterocycles. The molecule has 2 atom stereocenters. The first-order chi connectivity index (χ1) is 14.3. The summed E-state index contributed by atoms with van der Waals surface area (Å²) in [6.07, 6.45) is 1.82. The van der Waals surface area contributed by atoms with Gasteiger partial charge in [0.1, 0.15) is 12.4 Å². The lowest BCUT2D eigenvalue weighted by Crippen LogP contribution is -2.43. The molecule has 0 amide bonds. The standard InChI is InChI=1S/C23H27NO5S/c1-4-5-15-24(30(27,28)22-13-11-18(2)12-14-22)21(17-25)16-23(29-19(3)26)20-9-7-6-8-10-20/h4,6-14,17,21,23H,1,5,15-16H2,2-3H3/t21-,23-/m1/s1. The molecule has 0 saturated carbocycles. The number of rotatable bonds is 11. The molecule has 0 saturated heterocycles. The topological polar surface area (TPSA) is 80.8 Å². The number of esters is 1. The van der Waals surface area contributed by atoms with Crippen molar-refractivity contribution in [3.05, 3.63) is 78.4 Å². The molecular weight excluding hydrogens is 402 g/mol. The summed E-state index contributed by atoms with van der Waals surface area (Å²) in [5.41, 5.74) is 1.62. The highest BCUT2D eigenvalue weighted by Crippen LogP contribution is 2.28. The highest BCUT2D eigenvalue weighted by molar-refractivity contribution is 7.89. The molecule has 6 nitrogen and oxygen atoms in total. The number of carbonyl (C=O) groups is 2. The van der Waals surface area contributed by atoms with Gasteiger partial charge in [0.15, 0.2) is 0 Å². The molecule has 0 aromatic heterocycles. The highest BCUT2D eigenvalue weighted by Gasteiger charge is 2.33. The highest BCUT2D eigenvalue weighted by atomic mass is 32.2. The lowest BCUT2D eigenvalue weighted by Gasteiger charge is -2.30. The Morgan fingerprint density at radius 1 is 1.13 bits per heavy atom. The molecule has 0 aliphatic carbocycles. The molecule has 0 aliphatic heterocycles. The molecule has 0 N–H and O–H groups in total. The van der Waals surface area contributed by atoms with E-state index in [9.17, 15) is 18.0 Å². The van der Waals surface area contributed by atoms with E-state index < -0.39 is 28.1 Å². The van der Waals surface area contributed by atoms with Gasteiger partial charge in [0.2, 0.25) is 10.0 Å². The second-order valence-electron chi connectivity index (χ2n) is 6.95. The molecule has 160 valence electrons. The normalized spacial score (nSPS) is 13.4. The van der Waals surface area contributed by atoms with Crippen LogP contribution in [0.5, 0.6) is 0 Å². The fourth-order valence-corrected chi connectivity index (χ4v) is 4.70. The second kappa shape index (κ2) is 10.8. The zero-order valence-corrected chi connectivity index (χ0v) is 18.0. The minimum Gasteiger partial charge on any atom is -0.458 e. The summed E-state index contributed by atoms with van der Waals surface area (Å²) in [6, 6.07) is 14.4. The minimum atomic E-state index is -3.94. The second-order valence-corrected chi connectivity index (χ2v) is 8.84. The summed E-state index contributed by atoms with van der Waals surface area (Å²) in [6.45, 7) is 6.89. The van der Waals surface area contributed by atoms with Crippen LogP contribution >= 0.6 is 0 Å². The van der Waals surface area contributed by atoms with Crippen LogP contribution < -0.4 is 0 Å². The maximum atomic E-state index is 13.3. The fraction of sp³-hybridized carbons (Fsp3) is 0.304. The Labute approximate surface area is 178 Å². The summed E-state index contributed by atoms with van der Waals surface area (Å²) in [5.74, 6) is -0.507. The maximum Gasteiger partial charge on any atom is 0.303 e. The first kappa shape index (κ1) is 23.5. The number of aldehydes is 1. The Hall–Kier alpha value is -2.77. The van der Waals surface area contributed by atoms with Crippen molar-refractivity contribution in [3.8, 4) is 0 Å². The number of nitrogens with zero attached hydrogens (tertiary/aromatic N) is 1. The van der Waals surface area contributed by atoms with E-state index >= 15 is 0 Å². The van der Waals surface area contributed by atoms with Gasteiger partial charge in [-0.15, -0.1) is 6.58 Å². The lowest BCUT2D eigenvalue weighted by molar-refractivity contribution is -0.148. The zero-order valence-electron chi connectivity index (χ0n) is 17.2. The van der Waals surface area contributed by atoms with Crippen LogP contribution in [-0.4, -0.2) is 37.6 Å². The molecule has 30 heavy (non-hydrogen) atoms. The average Bonchev–Trinajstić information content (AvgIpc) is 2.73. The van der Waals surface area contributed by atoms with Crippen LogP contribution in [0.3, 0.4) is 0 Å². The third-order valence-electron chi connectivity index (χ3n) is 4.64. The van der Waals surface area contributed by atoms with Crippen molar-refractivity contribution in [2.45, 2.75) is 43.7 Å². The van der Waals surface area contributed by atoms with Crippen molar-refractivity contribution >= 4 is 22.3 Å². The van der Waals surface area contributed by atoms with Gasteiger partial charge in [-0.2, -0.15) is 4.31 Å². The van der Waals surface area contributed by atoms with Gasteiger partial charge in [0.05, 0.1) is 10.9 Å². The number of hydrogen-bond donors (Lipinski definition) is 0. The van der Waals surface area contributed by atoms with Crippen LogP contribution in [0.15, 0.2) is 72.1 Å². The Kier molecular flexibility index (Phi) is 8.50. The number of aryl methyl sites for hydroxylation is 1. The molecule has 2 aromatic rings. The van der Waals surface area contributed by atoms with Crippen molar-refractivity contribution in [3.63, 3.8) is 0 Å². The van der Waals surface area contributed by atoms with Gasteiger partial charge in [-0.05, 0) is 31.0 Å². The first-order valence-electron chi connectivity index (χ1n) is 9.66. The summed E-state index contributed by atoms with van der Waals surface area (Å²) in [4.78, 5) is 23.8. The molecule has 0 radical (unpaired) electrons. The van der Waals surface area contributed by atoms with E-state index in [1.165, 1.54) is 19.1 Å². The van der Waals surface area contributed by atoms with Gasteiger partial charge in [0, 0.05) is 19.9 Å². The van der Waals surface area contributed by atoms with Crippen molar-refractivity contribution in [1.29, 1.82) is 0 Å². The van der Waals surface area contributed by atoms with E-state index in [4.69, 9.17) is 4.74 Å². The van der Waals surface area contributed by atoms with Gasteiger partial charge in [-0.3, -0.25) is 4.79 Å². The average molecular weight is 430 g/mol. The lowest BCUT2D eigenvalue weighted by atomic mass is 10.0. The number of ether oxygens (including phenoxy) is 1. The van der Waals surface area contributed by atoms with E-state index in [-0.39, 0.29) is 17.9 Å². The van der Waals surface area contributed by atoms with E-state index in [2.05, 4.69) is 6.58 Å². The zero-order chi connectivity index (χ0) is 22.1. The molecule has 2 rings (SSSR count). The van der Waals surface area contributed by atoms with Gasteiger partial charge < -0.3 is 9.53 Å². The van der Waals surface area contributed by atoms with Crippen LogP contribution in [0.2, 0.25) is 0 Å². The van der Waals surface area contributed by atoms with Gasteiger partial charge in [-0.25, -0.2) is 8.42 Å². The Morgan fingerprint density at radius 2 is 1.77 bits per heavy atom. The summed E-state index contributed by atoms with van der Waals surface area (Å²) in [7, 11) is -3.94. The van der Waals surface area contributed by atoms with E-state index in [0.29, 0.717) is 18.3 Å². The van der Waals surface area contributed by atoms with Crippen LogP contribution in [0, 0.1) is 6.92 Å². The SMILES string of the molecule is C=CCCN([C@@H](C=O)C[C@@H](OC(C)=O)c1ccccc1)S(=O)(=O)c1ccc(C)cc1. The third-order valence-corrected chi connectivity index (χ3v) is 6.58. The molecular formula is C23H27NO5S. The number of carbonyl (C=O) groups excluding carboxylic acids is 2. The van der Waals surface area contributed by atoms with Crippen molar-refractivity contribution < 1.29 is 22.7 Å². The number of benzene rings is 2. The van der Waals surface area contributed by atoms with Crippen LogP contribution in [0.4, 0.5) is 0 Å². The van der Waals surface area contributed by atoms with Crippen molar-refractivity contribution in [1.82, 2.24) is 4.31 Å². The van der Waals surface area contributed by atoms with E-state index in [0.717, 1.165) is 9.87 Å². The molecule has 0 bridgehead atoms. The number of sulfonamides is 1. The number of hydrogen-bond acceptors (Lipinski definition) is 5. The molecule has 0 spiro atoms. The Bertz CT molecular complexity index is 955. The molecule has 7 heteroatoms. The monoisotopic (exact) mass is 429 g/mol. The summed E-state index contributed by atoms with van der Waals surface area (Å²) < 4.78 is 33.2. The molecule has 0 unspecified atom stereocenters. The van der Waals surface area contributed by atoms with Crippen LogP contribution in [0.1, 0.15) is 37.0 Å². The smallest absolute Gasteiger partial charge is 0.303 e. The molecule has 0 fully saturated rings. The third kappa shape index (κ3) is 6.11.